The number of benzene rings is 2. The molecule has 2 aromatic carbocycles. The Kier molecular flexibility index (Phi) is 8.22. The molecule has 1 aliphatic carbocycles. The van der Waals surface area contributed by atoms with E-state index in [9.17, 15) is 24.3 Å². The standard InChI is InChI=1S/C33H30ClF2N5O6/c1-15-22(37-29(42)19-14-39(2)33(46)40(3)31(19)43)9-8-20(35)25(15)27-21(36)7-6-18(28(27)34)23-11-16-5-10-24(26(16)30(38-23)47-4)41-12-17(13-41)32(44)45/h6-9,11,14,17,24H,5,10,12-13H2,1-4H3,(H,37,42)(H,44,45). The van der Waals surface area contributed by atoms with Crippen LogP contribution in [0.3, 0.4) is 0 Å². The molecular weight excluding hydrogens is 636 g/mol. The Morgan fingerprint density at radius 2 is 1.77 bits per heavy atom. The van der Waals surface area contributed by atoms with E-state index in [1.807, 2.05) is 6.07 Å². The van der Waals surface area contributed by atoms with Gasteiger partial charge in [-0.25, -0.2) is 18.6 Å². The van der Waals surface area contributed by atoms with E-state index in [2.05, 4.69) is 15.2 Å². The molecule has 2 aliphatic rings. The van der Waals surface area contributed by atoms with E-state index in [1.54, 1.807) is 0 Å². The predicted molar refractivity (Wildman–Crippen MR) is 170 cm³/mol. The maximum atomic E-state index is 15.6. The van der Waals surface area contributed by atoms with Gasteiger partial charge in [0.2, 0.25) is 5.88 Å². The van der Waals surface area contributed by atoms with Gasteiger partial charge in [0, 0.05) is 67.4 Å². The second kappa shape index (κ2) is 12.0. The maximum absolute atomic E-state index is 15.6. The fourth-order valence-electron chi connectivity index (χ4n) is 6.42. The molecule has 1 amide bonds. The normalized spacial score (nSPS) is 16.1. The lowest BCUT2D eigenvalue weighted by Crippen LogP contribution is -2.51. The van der Waals surface area contributed by atoms with Crippen LogP contribution in [-0.4, -0.2) is 56.2 Å². The number of carbonyl (C=O) groups excluding carboxylic acids is 1. The van der Waals surface area contributed by atoms with Crippen LogP contribution in [0.1, 0.15) is 39.5 Å². The highest BCUT2D eigenvalue weighted by atomic mass is 35.5. The van der Waals surface area contributed by atoms with E-state index in [4.69, 9.17) is 16.3 Å². The summed E-state index contributed by atoms with van der Waals surface area (Å²) in [5.41, 5.74) is 0.580. The number of fused-ring (bicyclic) bond motifs is 1. The first-order chi connectivity index (χ1) is 22.3. The second-order valence-electron chi connectivity index (χ2n) is 11.8. The molecule has 1 aliphatic heterocycles. The van der Waals surface area contributed by atoms with Gasteiger partial charge in [0.05, 0.1) is 23.7 Å². The molecule has 1 atom stereocenters. The maximum Gasteiger partial charge on any atom is 0.330 e. The summed E-state index contributed by atoms with van der Waals surface area (Å²) in [5, 5.41) is 11.8. The lowest BCUT2D eigenvalue weighted by Gasteiger charge is -2.41. The van der Waals surface area contributed by atoms with Crippen molar-refractivity contribution >= 4 is 29.2 Å². The largest absolute Gasteiger partial charge is 0.481 e. The smallest absolute Gasteiger partial charge is 0.330 e. The molecule has 0 spiro atoms. The molecule has 2 N–H and O–H groups in total. The first-order valence-electron chi connectivity index (χ1n) is 14.7. The minimum absolute atomic E-state index is 0.0491. The van der Waals surface area contributed by atoms with Gasteiger partial charge in [0.15, 0.2) is 0 Å². The molecule has 1 unspecified atom stereocenters. The van der Waals surface area contributed by atoms with Crippen LogP contribution in [0, 0.1) is 24.5 Å². The summed E-state index contributed by atoms with van der Waals surface area (Å²) in [6.07, 6.45) is 2.54. The second-order valence-corrected chi connectivity index (χ2v) is 12.1. The van der Waals surface area contributed by atoms with E-state index in [-0.39, 0.29) is 39.0 Å². The number of hydrogen-bond acceptors (Lipinski definition) is 7. The lowest BCUT2D eigenvalue weighted by atomic mass is 9.94. The van der Waals surface area contributed by atoms with Crippen molar-refractivity contribution in [1.82, 2.24) is 19.0 Å². The predicted octanol–water partition coefficient (Wildman–Crippen LogP) is 4.32. The number of ether oxygens (including phenoxy) is 1. The van der Waals surface area contributed by atoms with Gasteiger partial charge in [-0.1, -0.05) is 11.6 Å². The summed E-state index contributed by atoms with van der Waals surface area (Å²) in [4.78, 5) is 55.9. The number of rotatable bonds is 7. The zero-order valence-corrected chi connectivity index (χ0v) is 26.6. The number of amides is 1. The molecule has 3 heterocycles. The molecule has 14 heteroatoms. The van der Waals surface area contributed by atoms with Gasteiger partial charge < -0.3 is 19.7 Å². The molecule has 47 heavy (non-hydrogen) atoms. The summed E-state index contributed by atoms with van der Waals surface area (Å²) in [6.45, 7) is 2.35. The van der Waals surface area contributed by atoms with E-state index in [0.29, 0.717) is 36.6 Å². The fraction of sp³-hybridized carbons (Fsp3) is 0.303. The van der Waals surface area contributed by atoms with Crippen LogP contribution in [0.4, 0.5) is 14.5 Å². The third kappa shape index (κ3) is 5.38. The first-order valence-corrected chi connectivity index (χ1v) is 15.1. The minimum atomic E-state index is -0.841. The Bertz CT molecular complexity index is 2110. The van der Waals surface area contributed by atoms with Gasteiger partial charge in [0.25, 0.3) is 11.5 Å². The van der Waals surface area contributed by atoms with Crippen molar-refractivity contribution in [2.24, 2.45) is 20.0 Å². The number of hydrogen-bond donors (Lipinski definition) is 2. The van der Waals surface area contributed by atoms with Gasteiger partial charge >= 0.3 is 11.7 Å². The number of likely N-dealkylation sites (tertiary alicyclic amines) is 1. The lowest BCUT2D eigenvalue weighted by molar-refractivity contribution is -0.148. The van der Waals surface area contributed by atoms with Crippen LogP contribution in [0.25, 0.3) is 22.4 Å². The van der Waals surface area contributed by atoms with Crippen LogP contribution >= 0.6 is 11.6 Å². The summed E-state index contributed by atoms with van der Waals surface area (Å²) in [6, 6.07) is 6.73. The van der Waals surface area contributed by atoms with Crippen molar-refractivity contribution in [3.05, 3.63) is 96.3 Å². The monoisotopic (exact) mass is 665 g/mol. The molecule has 2 aromatic heterocycles. The molecule has 11 nitrogen and oxygen atoms in total. The van der Waals surface area contributed by atoms with E-state index in [0.717, 1.165) is 45.0 Å². The van der Waals surface area contributed by atoms with Crippen molar-refractivity contribution in [2.45, 2.75) is 25.8 Å². The SMILES string of the molecule is COc1nc(-c2ccc(F)c(-c3c(F)ccc(NC(=O)c4cn(C)c(=O)n(C)c4=O)c3C)c2Cl)cc2c1C(N1CC(C(=O)O)C1)CC2. The van der Waals surface area contributed by atoms with Crippen molar-refractivity contribution < 1.29 is 28.2 Å². The molecular formula is C33H30ClF2N5O6. The molecule has 6 rings (SSSR count). The molecule has 0 saturated carbocycles. The number of halogens is 3. The van der Waals surface area contributed by atoms with Crippen molar-refractivity contribution in [1.29, 1.82) is 0 Å². The van der Waals surface area contributed by atoms with E-state index < -0.39 is 40.7 Å². The summed E-state index contributed by atoms with van der Waals surface area (Å²) in [5.74, 6) is -3.34. The van der Waals surface area contributed by atoms with E-state index in [1.165, 1.54) is 40.3 Å². The van der Waals surface area contributed by atoms with Gasteiger partial charge in [0.1, 0.15) is 17.2 Å². The summed E-state index contributed by atoms with van der Waals surface area (Å²) < 4.78 is 38.6. The molecule has 0 radical (unpaired) electrons. The van der Waals surface area contributed by atoms with Crippen molar-refractivity contribution in [3.8, 4) is 28.3 Å². The number of carboxylic acid groups (broad SMARTS) is 1. The third-order valence-corrected chi connectivity index (χ3v) is 9.39. The number of pyridine rings is 1. The van der Waals surface area contributed by atoms with Gasteiger partial charge in [-0.15, -0.1) is 0 Å². The average Bonchev–Trinajstić information content (AvgIpc) is 3.43. The highest BCUT2D eigenvalue weighted by Crippen LogP contribution is 2.47. The molecule has 0 bridgehead atoms. The number of aromatic nitrogens is 3. The molecule has 1 fully saturated rings. The number of methoxy groups -OCH3 is 1. The van der Waals surface area contributed by atoms with Crippen LogP contribution in [0.15, 0.2) is 46.1 Å². The number of carbonyl (C=O) groups is 2. The summed E-state index contributed by atoms with van der Waals surface area (Å²) in [7, 11) is 4.12. The zero-order chi connectivity index (χ0) is 33.9. The van der Waals surface area contributed by atoms with Gasteiger partial charge in [-0.3, -0.25) is 23.9 Å². The number of aliphatic carboxylic acids is 1. The van der Waals surface area contributed by atoms with Crippen LogP contribution in [0.2, 0.25) is 5.02 Å². The topological polar surface area (TPSA) is 136 Å². The fourth-order valence-corrected chi connectivity index (χ4v) is 6.76. The quantitative estimate of drug-likeness (QED) is 0.298. The summed E-state index contributed by atoms with van der Waals surface area (Å²) >= 11 is 6.84. The molecule has 244 valence electrons. The Morgan fingerprint density at radius 1 is 1.09 bits per heavy atom. The van der Waals surface area contributed by atoms with Crippen molar-refractivity contribution in [2.75, 3.05) is 25.5 Å². The molecule has 1 saturated heterocycles. The minimum Gasteiger partial charge on any atom is -0.481 e. The Hall–Kier alpha value is -4.88. The third-order valence-electron chi connectivity index (χ3n) is 8.99. The Labute approximate surface area is 272 Å². The van der Waals surface area contributed by atoms with Gasteiger partial charge in [-0.2, -0.15) is 0 Å². The van der Waals surface area contributed by atoms with Crippen LogP contribution in [0.5, 0.6) is 5.88 Å². The van der Waals surface area contributed by atoms with Gasteiger partial charge in [-0.05, 0) is 61.2 Å². The van der Waals surface area contributed by atoms with E-state index >= 15 is 8.78 Å². The Balaban J connectivity index is 1.38. The number of anilines is 1. The highest BCUT2D eigenvalue weighted by Gasteiger charge is 2.41. The van der Waals surface area contributed by atoms with Crippen LogP contribution in [-0.2, 0) is 25.3 Å². The number of aryl methyl sites for hydroxylation is 2. The average molecular weight is 666 g/mol. The highest BCUT2D eigenvalue weighted by molar-refractivity contribution is 6.36. The number of nitrogens with one attached hydrogen (secondary N) is 1. The van der Waals surface area contributed by atoms with Crippen molar-refractivity contribution in [3.63, 3.8) is 0 Å². The number of nitrogens with zero attached hydrogens (tertiary/aromatic N) is 4. The zero-order valence-electron chi connectivity index (χ0n) is 25.9. The first kappa shape index (κ1) is 32.1. The number of carboxylic acids is 1. The van der Waals surface area contributed by atoms with Crippen LogP contribution < -0.4 is 21.3 Å². The molecule has 4 aromatic rings. The Morgan fingerprint density at radius 3 is 2.45 bits per heavy atom.